The van der Waals surface area contributed by atoms with E-state index in [0.717, 1.165) is 67.0 Å². The molecule has 0 atom stereocenters. The van der Waals surface area contributed by atoms with Gasteiger partial charge in [0, 0.05) is 37.7 Å². The zero-order valence-electron chi connectivity index (χ0n) is 26.1. The van der Waals surface area contributed by atoms with E-state index in [-0.39, 0.29) is 14.0 Å². The number of nitrogens with one attached hydrogen (secondary N) is 3. The number of aromatic amines is 1. The summed E-state index contributed by atoms with van der Waals surface area (Å²) in [4.78, 5) is 33.2. The Hall–Kier alpha value is -4.42. The zero-order chi connectivity index (χ0) is 31.1. The van der Waals surface area contributed by atoms with Crippen LogP contribution in [0, 0.1) is 0 Å². The zero-order valence-corrected chi connectivity index (χ0v) is 26.1. The number of hydrogen-bond acceptors (Lipinski definition) is 11. The normalized spacial score (nSPS) is 10.9. The number of H-pyrrole nitrogens is 1. The van der Waals surface area contributed by atoms with Gasteiger partial charge in [0.25, 0.3) is 0 Å². The second-order valence-electron chi connectivity index (χ2n) is 10.6. The van der Waals surface area contributed by atoms with Gasteiger partial charge in [0.15, 0.2) is 18.1 Å². The summed E-state index contributed by atoms with van der Waals surface area (Å²) in [6.07, 6.45) is 8.08. The number of fused-ring (bicyclic) bond motifs is 1. The van der Waals surface area contributed by atoms with Gasteiger partial charge in [-0.3, -0.25) is 0 Å². The number of likely N-dealkylation sites (N-methyl/N-ethyl adjacent to an activating group) is 1. The predicted molar refractivity (Wildman–Crippen MR) is 180 cm³/mol. The van der Waals surface area contributed by atoms with Crippen molar-refractivity contribution in [2.24, 2.45) is 0 Å². The van der Waals surface area contributed by atoms with Gasteiger partial charge in [0.1, 0.15) is 30.2 Å². The summed E-state index contributed by atoms with van der Waals surface area (Å²) in [5, 5.41) is 7.54. The number of nitrogens with zero attached hydrogens (tertiary/aromatic N) is 5. The first-order valence-electron chi connectivity index (χ1n) is 15.1. The third kappa shape index (κ3) is 10.6. The number of hydrogen-bond donors (Lipinski definition) is 3. The number of aromatic nitrogens is 4. The Labute approximate surface area is 266 Å². The fraction of sp³-hybridized carbons (Fsp3) is 0.455. The summed E-state index contributed by atoms with van der Waals surface area (Å²) in [7, 11) is 6.03. The van der Waals surface area contributed by atoms with Crippen molar-refractivity contribution in [3.05, 3.63) is 60.7 Å². The van der Waals surface area contributed by atoms with Crippen molar-refractivity contribution in [3.8, 4) is 11.5 Å². The maximum Gasteiger partial charge on any atom is 0.344 e. The Bertz CT molecular complexity index is 1450. The van der Waals surface area contributed by atoms with Gasteiger partial charge in [-0.05, 0) is 69.9 Å². The Morgan fingerprint density at radius 2 is 1.87 bits per heavy atom. The number of rotatable bonds is 19. The number of ether oxygens (including phenoxy) is 3. The molecule has 0 fully saturated rings. The molecule has 0 aliphatic heterocycles. The molecule has 0 saturated heterocycles. The van der Waals surface area contributed by atoms with Crippen molar-refractivity contribution in [1.29, 1.82) is 0 Å². The minimum atomic E-state index is -0.425. The van der Waals surface area contributed by atoms with E-state index in [1.165, 1.54) is 6.33 Å². The van der Waals surface area contributed by atoms with Gasteiger partial charge >= 0.3 is 5.97 Å². The number of carbonyl (C=O) groups excluding carboxylic acids is 1. The molecule has 4 rings (SSSR count). The van der Waals surface area contributed by atoms with Crippen molar-refractivity contribution in [1.82, 2.24) is 30.2 Å². The highest BCUT2D eigenvalue weighted by molar-refractivity contribution is 5.92. The average Bonchev–Trinajstić information content (AvgIpc) is 3.45. The summed E-state index contributed by atoms with van der Waals surface area (Å²) in [6, 6.07) is 11.3. The van der Waals surface area contributed by atoms with Crippen LogP contribution < -0.4 is 25.0 Å². The van der Waals surface area contributed by atoms with E-state index in [0.29, 0.717) is 37.1 Å². The van der Waals surface area contributed by atoms with Crippen molar-refractivity contribution in [2.75, 3.05) is 70.8 Å². The second-order valence-corrected chi connectivity index (χ2v) is 10.6. The molecule has 0 saturated carbocycles. The van der Waals surface area contributed by atoms with Gasteiger partial charge in [-0.25, -0.2) is 19.7 Å². The Morgan fingerprint density at radius 1 is 1.00 bits per heavy atom. The van der Waals surface area contributed by atoms with Crippen LogP contribution in [0.1, 0.15) is 39.2 Å². The number of carbonyl (C=O) groups is 1. The number of unbranched alkanes of at least 4 members (excludes halogenated alkanes) is 1. The lowest BCUT2D eigenvalue weighted by atomic mass is 10.2. The highest BCUT2D eigenvalue weighted by Crippen LogP contribution is 2.33. The van der Waals surface area contributed by atoms with Crippen LogP contribution in [0.2, 0.25) is 0 Å². The molecule has 0 unspecified atom stereocenters. The van der Waals surface area contributed by atoms with E-state index < -0.39 is 5.97 Å². The quantitative estimate of drug-likeness (QED) is 0.0966. The molecule has 12 heteroatoms. The van der Waals surface area contributed by atoms with Crippen molar-refractivity contribution >= 4 is 34.3 Å². The van der Waals surface area contributed by atoms with Crippen molar-refractivity contribution in [3.63, 3.8) is 0 Å². The molecule has 12 nitrogen and oxygen atoms in total. The van der Waals surface area contributed by atoms with Gasteiger partial charge in [0.05, 0.1) is 18.5 Å². The standard InChI is InChI=1S/C32H44N8O4.CH4/c1-5-6-17-43-29(41)22-44-27-19-25(11-12-26(27)42-18-16-40(4)28-10-7-8-14-34-28)38-32-30-24(20-35-31(30)36-23-37-32)21-39(3)15-9-13-33-2;/h7-8,10-12,14,19-20,23,33H,5-6,9,13,15-18,21-22H2,1-4H3,(H2,35,36,37,38);1H4. The Morgan fingerprint density at radius 3 is 2.64 bits per heavy atom. The van der Waals surface area contributed by atoms with Gasteiger partial charge in [0.2, 0.25) is 0 Å². The van der Waals surface area contributed by atoms with Gasteiger partial charge in [-0.15, -0.1) is 0 Å². The summed E-state index contributed by atoms with van der Waals surface area (Å²) >= 11 is 0. The molecule has 3 heterocycles. The van der Waals surface area contributed by atoms with Crippen LogP contribution >= 0.6 is 0 Å². The highest BCUT2D eigenvalue weighted by atomic mass is 16.6. The smallest absolute Gasteiger partial charge is 0.344 e. The summed E-state index contributed by atoms with van der Waals surface area (Å²) in [5.74, 6) is 2.04. The fourth-order valence-corrected chi connectivity index (χ4v) is 4.59. The maximum atomic E-state index is 12.3. The summed E-state index contributed by atoms with van der Waals surface area (Å²) in [5.41, 5.74) is 2.58. The van der Waals surface area contributed by atoms with Crippen LogP contribution in [-0.4, -0.2) is 91.4 Å². The average molecular weight is 621 g/mol. The predicted octanol–water partition coefficient (Wildman–Crippen LogP) is 5.01. The van der Waals surface area contributed by atoms with Crippen LogP contribution in [-0.2, 0) is 16.1 Å². The van der Waals surface area contributed by atoms with Crippen LogP contribution in [0.4, 0.5) is 17.3 Å². The molecule has 4 aromatic rings. The van der Waals surface area contributed by atoms with Gasteiger partial charge in [-0.1, -0.05) is 26.8 Å². The van der Waals surface area contributed by atoms with Crippen LogP contribution in [0.5, 0.6) is 11.5 Å². The highest BCUT2D eigenvalue weighted by Gasteiger charge is 2.16. The van der Waals surface area contributed by atoms with Gasteiger partial charge in [-0.2, -0.15) is 0 Å². The molecule has 0 aliphatic rings. The molecular weight excluding hydrogens is 572 g/mol. The number of pyridine rings is 1. The Kier molecular flexibility index (Phi) is 14.3. The third-order valence-corrected chi connectivity index (χ3v) is 7.00. The molecule has 0 bridgehead atoms. The molecule has 3 aromatic heterocycles. The molecule has 0 amide bonds. The molecule has 0 aliphatic carbocycles. The topological polar surface area (TPSA) is 130 Å². The minimum Gasteiger partial charge on any atom is -0.488 e. The minimum absolute atomic E-state index is 0. The maximum absolute atomic E-state index is 12.3. The summed E-state index contributed by atoms with van der Waals surface area (Å²) < 4.78 is 17.3. The van der Waals surface area contributed by atoms with E-state index in [2.05, 4.69) is 42.5 Å². The van der Waals surface area contributed by atoms with Gasteiger partial charge < -0.3 is 39.6 Å². The molecule has 3 N–H and O–H groups in total. The monoisotopic (exact) mass is 620 g/mol. The second kappa shape index (κ2) is 18.4. The lowest BCUT2D eigenvalue weighted by molar-refractivity contribution is -0.146. The molecule has 0 radical (unpaired) electrons. The lowest BCUT2D eigenvalue weighted by Crippen LogP contribution is -2.24. The third-order valence-electron chi connectivity index (χ3n) is 7.00. The molecule has 244 valence electrons. The molecule has 0 spiro atoms. The molecular formula is C33H48N8O4. The first kappa shape index (κ1) is 35.1. The molecule has 45 heavy (non-hydrogen) atoms. The molecule has 1 aromatic carbocycles. The summed E-state index contributed by atoms with van der Waals surface area (Å²) in [6.45, 7) is 5.86. The van der Waals surface area contributed by atoms with Crippen molar-refractivity contribution < 1.29 is 19.0 Å². The van der Waals surface area contributed by atoms with E-state index in [4.69, 9.17) is 14.2 Å². The first-order chi connectivity index (χ1) is 21.5. The van der Waals surface area contributed by atoms with E-state index >= 15 is 0 Å². The largest absolute Gasteiger partial charge is 0.488 e. The number of benzene rings is 1. The van der Waals surface area contributed by atoms with E-state index in [1.54, 1.807) is 12.3 Å². The van der Waals surface area contributed by atoms with Crippen LogP contribution in [0.3, 0.4) is 0 Å². The SMILES string of the molecule is C.CCCCOC(=O)COc1cc(Nc2ncnc3[nH]cc(CN(C)CCCNC)c23)ccc1OCCN(C)c1ccccn1. The van der Waals surface area contributed by atoms with E-state index in [1.807, 2.05) is 62.4 Å². The number of anilines is 3. The fourth-order valence-electron chi connectivity index (χ4n) is 4.59. The lowest BCUT2D eigenvalue weighted by Gasteiger charge is -2.19. The first-order valence-corrected chi connectivity index (χ1v) is 15.1. The Balaban J connectivity index is 0.00000552. The van der Waals surface area contributed by atoms with Crippen LogP contribution in [0.15, 0.2) is 55.1 Å². The van der Waals surface area contributed by atoms with E-state index in [9.17, 15) is 4.79 Å². The van der Waals surface area contributed by atoms with Crippen molar-refractivity contribution in [2.45, 2.75) is 40.2 Å². The number of esters is 1. The van der Waals surface area contributed by atoms with Crippen LogP contribution in [0.25, 0.3) is 11.0 Å².